The van der Waals surface area contributed by atoms with Gasteiger partial charge in [0.05, 0.1) is 5.52 Å². The maximum absolute atomic E-state index is 13.2. The van der Waals surface area contributed by atoms with Crippen LogP contribution in [0, 0.1) is 9.39 Å². The van der Waals surface area contributed by atoms with E-state index in [1.165, 1.54) is 12.1 Å². The summed E-state index contributed by atoms with van der Waals surface area (Å²) in [5.41, 5.74) is 2.58. The van der Waals surface area contributed by atoms with Crippen molar-refractivity contribution in [2.75, 3.05) is 5.32 Å². The van der Waals surface area contributed by atoms with Crippen LogP contribution in [0.15, 0.2) is 73.1 Å². The molecule has 4 nitrogen and oxygen atoms in total. The molecule has 134 valence electrons. The van der Waals surface area contributed by atoms with Crippen molar-refractivity contribution in [3.05, 3.63) is 88.0 Å². The lowest BCUT2D eigenvalue weighted by molar-refractivity contribution is 0.305. The van der Waals surface area contributed by atoms with E-state index in [2.05, 4.69) is 43.9 Å². The van der Waals surface area contributed by atoms with Crippen LogP contribution in [0.4, 0.5) is 15.9 Å². The molecule has 0 aliphatic carbocycles. The van der Waals surface area contributed by atoms with Crippen LogP contribution in [0.5, 0.6) is 5.75 Å². The molecule has 0 unspecified atom stereocenters. The number of hydrogen-bond donors (Lipinski definition) is 1. The molecule has 1 heterocycles. The summed E-state index contributed by atoms with van der Waals surface area (Å²) in [6, 6.07) is 20.0. The molecule has 0 bridgehead atoms. The summed E-state index contributed by atoms with van der Waals surface area (Å²) in [6.45, 7) is 0.319. The average molecular weight is 471 g/mol. The number of nitrogens with zero attached hydrogens (tertiary/aromatic N) is 2. The van der Waals surface area contributed by atoms with Crippen molar-refractivity contribution in [3.8, 4) is 5.75 Å². The lowest BCUT2D eigenvalue weighted by atomic mass is 10.2. The molecule has 0 radical (unpaired) electrons. The molecule has 1 aromatic heterocycles. The second-order valence-corrected chi connectivity index (χ2v) is 7.20. The van der Waals surface area contributed by atoms with Crippen molar-refractivity contribution in [1.29, 1.82) is 0 Å². The van der Waals surface area contributed by atoms with Crippen LogP contribution in [0.25, 0.3) is 10.9 Å². The zero-order valence-corrected chi connectivity index (χ0v) is 16.4. The number of aromatic nitrogens is 2. The number of nitrogens with one attached hydrogen (secondary N) is 1. The maximum Gasteiger partial charge on any atom is 0.141 e. The normalized spacial score (nSPS) is 10.7. The number of rotatable bonds is 5. The maximum atomic E-state index is 13.2. The summed E-state index contributed by atoms with van der Waals surface area (Å²) in [4.78, 5) is 8.65. The number of anilines is 2. The Hall–Kier alpha value is -2.74. The van der Waals surface area contributed by atoms with E-state index in [1.807, 2.05) is 42.5 Å². The number of ether oxygens (including phenoxy) is 1. The molecule has 0 aliphatic heterocycles. The monoisotopic (exact) mass is 471 g/mol. The third-order valence-corrected chi connectivity index (χ3v) is 4.68. The number of halogens is 2. The standard InChI is InChI=1S/C21H15FIN3O/c22-15-3-1-2-14(10-15)12-27-18-7-5-17(6-8-18)26-21-19-11-16(23)4-9-20(19)24-13-25-21/h1-11,13H,12H2,(H,24,25,26). The van der Waals surface area contributed by atoms with Crippen LogP contribution in [-0.4, -0.2) is 9.97 Å². The summed E-state index contributed by atoms with van der Waals surface area (Å²) >= 11 is 2.27. The molecule has 0 atom stereocenters. The first kappa shape index (κ1) is 17.7. The van der Waals surface area contributed by atoms with Crippen LogP contribution >= 0.6 is 22.6 Å². The van der Waals surface area contributed by atoms with Crippen molar-refractivity contribution in [1.82, 2.24) is 9.97 Å². The Morgan fingerprint density at radius 2 is 1.81 bits per heavy atom. The topological polar surface area (TPSA) is 47.0 Å². The highest BCUT2D eigenvalue weighted by Crippen LogP contribution is 2.26. The molecule has 0 saturated heterocycles. The van der Waals surface area contributed by atoms with Gasteiger partial charge in [-0.1, -0.05) is 12.1 Å². The lowest BCUT2D eigenvalue weighted by Gasteiger charge is -2.10. The molecular formula is C21H15FIN3O. The molecule has 0 saturated carbocycles. The summed E-state index contributed by atoms with van der Waals surface area (Å²) in [7, 11) is 0. The van der Waals surface area contributed by atoms with Gasteiger partial charge in [-0.3, -0.25) is 0 Å². The zero-order valence-electron chi connectivity index (χ0n) is 14.2. The van der Waals surface area contributed by atoms with Crippen LogP contribution in [0.3, 0.4) is 0 Å². The molecule has 27 heavy (non-hydrogen) atoms. The first-order chi connectivity index (χ1) is 13.2. The van der Waals surface area contributed by atoms with Gasteiger partial charge in [0.15, 0.2) is 0 Å². The highest BCUT2D eigenvalue weighted by Gasteiger charge is 2.05. The van der Waals surface area contributed by atoms with Crippen LogP contribution in [0.2, 0.25) is 0 Å². The minimum Gasteiger partial charge on any atom is -0.489 e. The van der Waals surface area contributed by atoms with Crippen molar-refractivity contribution >= 4 is 45.0 Å². The van der Waals surface area contributed by atoms with Crippen molar-refractivity contribution in [2.45, 2.75) is 6.61 Å². The van der Waals surface area contributed by atoms with Gasteiger partial charge in [0.2, 0.25) is 0 Å². The van der Waals surface area contributed by atoms with E-state index < -0.39 is 0 Å². The highest BCUT2D eigenvalue weighted by molar-refractivity contribution is 14.1. The van der Waals surface area contributed by atoms with E-state index in [4.69, 9.17) is 4.74 Å². The second-order valence-electron chi connectivity index (χ2n) is 5.95. The minimum atomic E-state index is -0.262. The van der Waals surface area contributed by atoms with Gasteiger partial charge in [-0.25, -0.2) is 14.4 Å². The Morgan fingerprint density at radius 3 is 2.63 bits per heavy atom. The molecule has 0 aliphatic rings. The Balaban J connectivity index is 1.47. The Labute approximate surface area is 169 Å². The molecule has 0 amide bonds. The van der Waals surface area contributed by atoms with Crippen molar-refractivity contribution < 1.29 is 9.13 Å². The molecule has 6 heteroatoms. The van der Waals surface area contributed by atoms with Gasteiger partial charge >= 0.3 is 0 Å². The second kappa shape index (κ2) is 7.87. The zero-order chi connectivity index (χ0) is 18.6. The van der Waals surface area contributed by atoms with E-state index in [1.54, 1.807) is 12.4 Å². The molecule has 3 aromatic carbocycles. The van der Waals surface area contributed by atoms with E-state index >= 15 is 0 Å². The predicted molar refractivity (Wildman–Crippen MR) is 113 cm³/mol. The van der Waals surface area contributed by atoms with E-state index in [-0.39, 0.29) is 5.82 Å². The van der Waals surface area contributed by atoms with Gasteiger partial charge in [0, 0.05) is 14.6 Å². The van der Waals surface area contributed by atoms with E-state index in [0.29, 0.717) is 12.4 Å². The van der Waals surface area contributed by atoms with Crippen molar-refractivity contribution in [3.63, 3.8) is 0 Å². The van der Waals surface area contributed by atoms with Gasteiger partial charge in [0.25, 0.3) is 0 Å². The Bertz CT molecular complexity index is 1090. The predicted octanol–water partition coefficient (Wildman–Crippen LogP) is 5.70. The summed E-state index contributed by atoms with van der Waals surface area (Å²) < 4.78 is 20.1. The highest BCUT2D eigenvalue weighted by atomic mass is 127. The third-order valence-electron chi connectivity index (χ3n) is 4.01. The first-order valence-electron chi connectivity index (χ1n) is 8.32. The number of hydrogen-bond acceptors (Lipinski definition) is 4. The minimum absolute atomic E-state index is 0.262. The summed E-state index contributed by atoms with van der Waals surface area (Å²) in [5.74, 6) is 1.21. The molecule has 4 aromatic rings. The number of benzene rings is 3. The summed E-state index contributed by atoms with van der Waals surface area (Å²) in [6.07, 6.45) is 1.55. The quantitative estimate of drug-likeness (QED) is 0.380. The summed E-state index contributed by atoms with van der Waals surface area (Å²) in [5, 5.41) is 4.29. The third kappa shape index (κ3) is 4.33. The van der Waals surface area contributed by atoms with Crippen molar-refractivity contribution in [2.24, 2.45) is 0 Å². The molecule has 4 rings (SSSR count). The fourth-order valence-electron chi connectivity index (χ4n) is 2.69. The smallest absolute Gasteiger partial charge is 0.141 e. The van der Waals surface area contributed by atoms with Gasteiger partial charge in [-0.2, -0.15) is 0 Å². The van der Waals surface area contributed by atoms with E-state index in [9.17, 15) is 4.39 Å². The Kier molecular flexibility index (Phi) is 5.15. The van der Waals surface area contributed by atoms with Gasteiger partial charge in [0.1, 0.15) is 30.3 Å². The fraction of sp³-hybridized carbons (Fsp3) is 0.0476. The molecule has 1 N–H and O–H groups in total. The van der Waals surface area contributed by atoms with E-state index in [0.717, 1.165) is 31.5 Å². The molecule has 0 spiro atoms. The van der Waals surface area contributed by atoms with Gasteiger partial charge in [-0.05, 0) is 82.8 Å². The first-order valence-corrected chi connectivity index (χ1v) is 9.40. The van der Waals surface area contributed by atoms with Gasteiger partial charge in [-0.15, -0.1) is 0 Å². The van der Waals surface area contributed by atoms with Gasteiger partial charge < -0.3 is 10.1 Å². The Morgan fingerprint density at radius 1 is 0.963 bits per heavy atom. The van der Waals surface area contributed by atoms with Crippen LogP contribution < -0.4 is 10.1 Å². The number of fused-ring (bicyclic) bond motifs is 1. The fourth-order valence-corrected chi connectivity index (χ4v) is 3.18. The average Bonchev–Trinajstić information content (AvgIpc) is 2.68. The largest absolute Gasteiger partial charge is 0.489 e. The van der Waals surface area contributed by atoms with Crippen LogP contribution in [-0.2, 0) is 6.61 Å². The molecule has 0 fully saturated rings. The van der Waals surface area contributed by atoms with Crippen LogP contribution in [0.1, 0.15) is 5.56 Å². The molecular weight excluding hydrogens is 456 g/mol. The SMILES string of the molecule is Fc1cccc(COc2ccc(Nc3ncnc4ccc(I)cc34)cc2)c1. The lowest BCUT2D eigenvalue weighted by Crippen LogP contribution is -1.98.